The molecule has 0 aromatic heterocycles. The Morgan fingerprint density at radius 2 is 1.84 bits per heavy atom. The van der Waals surface area contributed by atoms with Crippen molar-refractivity contribution in [3.8, 4) is 0 Å². The molecule has 114 valence electrons. The summed E-state index contributed by atoms with van der Waals surface area (Å²) in [6.45, 7) is 2.21. The van der Waals surface area contributed by atoms with E-state index >= 15 is 0 Å². The Balaban J connectivity index is 1.97. The van der Waals surface area contributed by atoms with Crippen LogP contribution in [-0.2, 0) is 9.47 Å². The molecule has 0 atom stereocenters. The summed E-state index contributed by atoms with van der Waals surface area (Å²) in [5.41, 5.74) is 0. The highest BCUT2D eigenvalue weighted by atomic mass is 35.5. The molecule has 0 spiro atoms. The van der Waals surface area contributed by atoms with Crippen molar-refractivity contribution in [2.45, 2.75) is 31.5 Å². The molecular weight excluding hydrogens is 283 g/mol. The fraction of sp³-hybridized carbons (Fsp3) is 1.00. The topological polar surface area (TPSA) is 21.7 Å². The highest BCUT2D eigenvalue weighted by molar-refractivity contribution is 6.17. The predicted molar refractivity (Wildman–Crippen MR) is 67.6 cm³/mol. The molecule has 1 saturated heterocycles. The number of nitrogens with zero attached hydrogens (tertiary/aromatic N) is 1. The van der Waals surface area contributed by atoms with E-state index in [4.69, 9.17) is 16.3 Å². The van der Waals surface area contributed by atoms with E-state index in [0.717, 1.165) is 32.5 Å². The van der Waals surface area contributed by atoms with Crippen molar-refractivity contribution >= 4 is 11.6 Å². The number of alkyl halides is 4. The van der Waals surface area contributed by atoms with Crippen LogP contribution in [0.15, 0.2) is 0 Å². The first kappa shape index (κ1) is 17.0. The molecule has 1 aliphatic heterocycles. The maximum Gasteiger partial charge on any atom is 0.411 e. The maximum atomic E-state index is 11.8. The first-order valence-corrected chi connectivity index (χ1v) is 7.09. The van der Waals surface area contributed by atoms with E-state index in [-0.39, 0.29) is 12.7 Å². The molecule has 0 aliphatic carbocycles. The van der Waals surface area contributed by atoms with Gasteiger partial charge in [-0.1, -0.05) is 0 Å². The lowest BCUT2D eigenvalue weighted by molar-refractivity contribution is -0.174. The Kier molecular flexibility index (Phi) is 8.06. The molecule has 1 rings (SSSR count). The molecule has 1 heterocycles. The lowest BCUT2D eigenvalue weighted by Crippen LogP contribution is -2.38. The van der Waals surface area contributed by atoms with Gasteiger partial charge in [0.1, 0.15) is 6.61 Å². The van der Waals surface area contributed by atoms with Gasteiger partial charge in [0.2, 0.25) is 0 Å². The van der Waals surface area contributed by atoms with E-state index in [1.165, 1.54) is 0 Å². The third kappa shape index (κ3) is 8.68. The number of rotatable bonds is 8. The van der Waals surface area contributed by atoms with Crippen LogP contribution in [0.25, 0.3) is 0 Å². The van der Waals surface area contributed by atoms with Gasteiger partial charge in [0.25, 0.3) is 0 Å². The molecule has 0 N–H and O–H groups in total. The van der Waals surface area contributed by atoms with Crippen molar-refractivity contribution in [1.29, 1.82) is 0 Å². The van der Waals surface area contributed by atoms with Gasteiger partial charge in [-0.2, -0.15) is 13.2 Å². The fourth-order valence-corrected chi connectivity index (χ4v) is 2.18. The predicted octanol–water partition coefficient (Wildman–Crippen LogP) is 2.68. The van der Waals surface area contributed by atoms with Crippen LogP contribution in [0.4, 0.5) is 13.2 Å². The van der Waals surface area contributed by atoms with Crippen molar-refractivity contribution in [3.05, 3.63) is 0 Å². The highest BCUT2D eigenvalue weighted by Crippen LogP contribution is 2.15. The van der Waals surface area contributed by atoms with Gasteiger partial charge in [-0.15, -0.1) is 11.6 Å². The van der Waals surface area contributed by atoms with Crippen LogP contribution in [0.1, 0.15) is 19.3 Å². The molecule has 0 radical (unpaired) electrons. The maximum absolute atomic E-state index is 11.8. The quantitative estimate of drug-likeness (QED) is 0.508. The molecule has 0 unspecified atom stereocenters. The van der Waals surface area contributed by atoms with Crippen molar-refractivity contribution in [2.75, 3.05) is 45.3 Å². The second-order valence-electron chi connectivity index (χ2n) is 4.62. The van der Waals surface area contributed by atoms with Gasteiger partial charge in [-0.25, -0.2) is 0 Å². The van der Waals surface area contributed by atoms with Gasteiger partial charge >= 0.3 is 6.18 Å². The zero-order valence-corrected chi connectivity index (χ0v) is 11.7. The number of piperidine rings is 1. The smallest absolute Gasteiger partial charge is 0.377 e. The molecule has 0 aromatic rings. The second kappa shape index (κ2) is 9.00. The number of hydrogen-bond acceptors (Lipinski definition) is 3. The molecule has 7 heteroatoms. The Bertz CT molecular complexity index is 234. The van der Waals surface area contributed by atoms with Crippen molar-refractivity contribution < 1.29 is 22.6 Å². The minimum atomic E-state index is -4.22. The molecule has 1 aliphatic rings. The number of likely N-dealkylation sites (tertiary alicyclic amines) is 1. The van der Waals surface area contributed by atoms with Gasteiger partial charge in [-0.3, -0.25) is 0 Å². The molecule has 0 amide bonds. The Hall–Kier alpha value is -0.0400. The third-order valence-electron chi connectivity index (χ3n) is 2.99. The number of halogens is 4. The summed E-state index contributed by atoms with van der Waals surface area (Å²) in [4.78, 5) is 2.23. The van der Waals surface area contributed by atoms with Crippen molar-refractivity contribution in [3.63, 3.8) is 0 Å². The summed E-state index contributed by atoms with van der Waals surface area (Å²) in [7, 11) is 0. The van der Waals surface area contributed by atoms with E-state index < -0.39 is 12.8 Å². The summed E-state index contributed by atoms with van der Waals surface area (Å²) >= 11 is 5.55. The van der Waals surface area contributed by atoms with Crippen molar-refractivity contribution in [1.82, 2.24) is 4.90 Å². The average molecular weight is 304 g/mol. The van der Waals surface area contributed by atoms with Crippen LogP contribution in [0.3, 0.4) is 0 Å². The standard InChI is InChI=1S/C12H21ClF3NO2/c13-4-9-19-11-2-6-17(7-3-11)5-1-8-18-10-12(14,15)16/h11H,1-10H2. The lowest BCUT2D eigenvalue weighted by atomic mass is 10.1. The molecule has 3 nitrogen and oxygen atoms in total. The largest absolute Gasteiger partial charge is 0.411 e. The normalized spacial score (nSPS) is 18.9. The zero-order chi connectivity index (χ0) is 14.1. The SMILES string of the molecule is FC(F)(F)COCCCN1CCC(OCCCl)CC1. The van der Waals surface area contributed by atoms with E-state index in [1.807, 2.05) is 0 Å². The fourth-order valence-electron chi connectivity index (χ4n) is 2.09. The molecule has 19 heavy (non-hydrogen) atoms. The van der Waals surface area contributed by atoms with E-state index in [2.05, 4.69) is 9.64 Å². The minimum absolute atomic E-state index is 0.155. The van der Waals surface area contributed by atoms with Crippen LogP contribution in [-0.4, -0.2) is 62.5 Å². The summed E-state index contributed by atoms with van der Waals surface area (Å²) in [5, 5.41) is 0. The number of hydrogen-bond donors (Lipinski definition) is 0. The first-order valence-electron chi connectivity index (χ1n) is 6.55. The summed E-state index contributed by atoms with van der Waals surface area (Å²) < 4.78 is 45.6. The van der Waals surface area contributed by atoms with Gasteiger partial charge in [0.05, 0.1) is 12.7 Å². The van der Waals surface area contributed by atoms with E-state index in [1.54, 1.807) is 0 Å². The Morgan fingerprint density at radius 1 is 1.16 bits per heavy atom. The third-order valence-corrected chi connectivity index (χ3v) is 3.15. The van der Waals surface area contributed by atoms with Gasteiger partial charge in [-0.05, 0) is 19.3 Å². The van der Waals surface area contributed by atoms with Crippen LogP contribution in [0.5, 0.6) is 0 Å². The number of ether oxygens (including phenoxy) is 2. The molecule has 0 bridgehead atoms. The van der Waals surface area contributed by atoms with Crippen LogP contribution in [0.2, 0.25) is 0 Å². The Morgan fingerprint density at radius 3 is 2.42 bits per heavy atom. The van der Waals surface area contributed by atoms with Crippen molar-refractivity contribution in [2.24, 2.45) is 0 Å². The molecule has 0 saturated carbocycles. The van der Waals surface area contributed by atoms with E-state index in [0.29, 0.717) is 18.9 Å². The van der Waals surface area contributed by atoms with Gasteiger partial charge < -0.3 is 14.4 Å². The first-order chi connectivity index (χ1) is 9.01. The average Bonchev–Trinajstić information content (AvgIpc) is 2.36. The summed E-state index contributed by atoms with van der Waals surface area (Å²) in [6, 6.07) is 0. The zero-order valence-electron chi connectivity index (χ0n) is 10.9. The van der Waals surface area contributed by atoms with Gasteiger partial charge in [0.15, 0.2) is 0 Å². The Labute approximate surface area is 117 Å². The monoisotopic (exact) mass is 303 g/mol. The van der Waals surface area contributed by atoms with Crippen LogP contribution in [0, 0.1) is 0 Å². The van der Waals surface area contributed by atoms with E-state index in [9.17, 15) is 13.2 Å². The van der Waals surface area contributed by atoms with Gasteiger partial charge in [0, 0.05) is 32.1 Å². The molecule has 0 aromatic carbocycles. The van der Waals surface area contributed by atoms with Crippen LogP contribution < -0.4 is 0 Å². The molecule has 1 fully saturated rings. The summed E-state index contributed by atoms with van der Waals surface area (Å²) in [6.07, 6.45) is -1.40. The highest BCUT2D eigenvalue weighted by Gasteiger charge is 2.27. The minimum Gasteiger partial charge on any atom is -0.377 e. The lowest BCUT2D eigenvalue weighted by Gasteiger charge is -2.31. The molecular formula is C12H21ClF3NO2. The second-order valence-corrected chi connectivity index (χ2v) is 5.00. The van der Waals surface area contributed by atoms with Crippen LogP contribution >= 0.6 is 11.6 Å². The summed E-state index contributed by atoms with van der Waals surface area (Å²) in [5.74, 6) is 0.511.